The molecule has 0 bridgehead atoms. The minimum Gasteiger partial charge on any atom is -0.487 e. The van der Waals surface area contributed by atoms with Gasteiger partial charge in [0, 0.05) is 17.5 Å². The van der Waals surface area contributed by atoms with Crippen LogP contribution in [0, 0.1) is 0 Å². The standard InChI is InChI=1S/C13H16BrClO2/c1-16-13(7-8-13)12(6-9-14)17-11-4-2-10(15)3-5-11/h2-5,12H,6-9H2,1H3. The molecule has 0 aliphatic heterocycles. The zero-order valence-electron chi connectivity index (χ0n) is 9.79. The number of halogens is 2. The van der Waals surface area contributed by atoms with Gasteiger partial charge in [0.2, 0.25) is 0 Å². The van der Waals surface area contributed by atoms with Crippen LogP contribution in [0.25, 0.3) is 0 Å². The number of alkyl halides is 1. The van der Waals surface area contributed by atoms with Gasteiger partial charge in [-0.3, -0.25) is 0 Å². The van der Waals surface area contributed by atoms with Gasteiger partial charge >= 0.3 is 0 Å². The van der Waals surface area contributed by atoms with Crippen LogP contribution >= 0.6 is 27.5 Å². The Kier molecular flexibility index (Phi) is 4.34. The number of rotatable bonds is 6. The van der Waals surface area contributed by atoms with Crippen molar-refractivity contribution in [2.24, 2.45) is 0 Å². The quantitative estimate of drug-likeness (QED) is 0.736. The Morgan fingerprint density at radius 2 is 2.00 bits per heavy atom. The van der Waals surface area contributed by atoms with Crippen molar-refractivity contribution in [3.8, 4) is 5.75 Å². The molecular weight excluding hydrogens is 303 g/mol. The number of hydrogen-bond donors (Lipinski definition) is 0. The van der Waals surface area contributed by atoms with Gasteiger partial charge in [0.15, 0.2) is 0 Å². The third-order valence-corrected chi connectivity index (χ3v) is 3.91. The topological polar surface area (TPSA) is 18.5 Å². The molecule has 0 aromatic heterocycles. The second-order valence-electron chi connectivity index (χ2n) is 4.31. The van der Waals surface area contributed by atoms with Crippen LogP contribution in [0.2, 0.25) is 5.02 Å². The minimum atomic E-state index is -0.0760. The van der Waals surface area contributed by atoms with Crippen molar-refractivity contribution in [2.45, 2.75) is 31.0 Å². The van der Waals surface area contributed by atoms with Gasteiger partial charge in [-0.2, -0.15) is 0 Å². The molecule has 17 heavy (non-hydrogen) atoms. The van der Waals surface area contributed by atoms with E-state index < -0.39 is 0 Å². The van der Waals surface area contributed by atoms with Crippen molar-refractivity contribution >= 4 is 27.5 Å². The van der Waals surface area contributed by atoms with Gasteiger partial charge in [-0.1, -0.05) is 27.5 Å². The number of methoxy groups -OCH3 is 1. The maximum absolute atomic E-state index is 6.01. The highest BCUT2D eigenvalue weighted by atomic mass is 79.9. The third kappa shape index (κ3) is 3.15. The molecule has 1 aromatic rings. The molecule has 1 unspecified atom stereocenters. The lowest BCUT2D eigenvalue weighted by Gasteiger charge is -2.26. The predicted molar refractivity (Wildman–Crippen MR) is 73.3 cm³/mol. The molecule has 1 aromatic carbocycles. The lowest BCUT2D eigenvalue weighted by molar-refractivity contribution is -0.0193. The first-order valence-corrected chi connectivity index (χ1v) is 7.23. The average molecular weight is 320 g/mol. The van der Waals surface area contributed by atoms with Crippen LogP contribution in [0.15, 0.2) is 24.3 Å². The second-order valence-corrected chi connectivity index (χ2v) is 5.54. The van der Waals surface area contributed by atoms with E-state index in [1.807, 2.05) is 24.3 Å². The normalized spacial score (nSPS) is 18.8. The fraction of sp³-hybridized carbons (Fsp3) is 0.538. The van der Waals surface area contributed by atoms with E-state index in [1.54, 1.807) is 7.11 Å². The molecular formula is C13H16BrClO2. The Hall–Kier alpha value is -0.250. The highest BCUT2D eigenvalue weighted by Gasteiger charge is 2.51. The van der Waals surface area contributed by atoms with Crippen molar-refractivity contribution in [3.05, 3.63) is 29.3 Å². The van der Waals surface area contributed by atoms with E-state index in [0.717, 1.165) is 35.4 Å². The Bertz CT molecular complexity index is 362. The Balaban J connectivity index is 2.05. The summed E-state index contributed by atoms with van der Waals surface area (Å²) in [5, 5.41) is 1.64. The molecule has 94 valence electrons. The van der Waals surface area contributed by atoms with E-state index in [0.29, 0.717) is 0 Å². The largest absolute Gasteiger partial charge is 0.487 e. The van der Waals surface area contributed by atoms with E-state index in [2.05, 4.69) is 15.9 Å². The lowest BCUT2D eigenvalue weighted by atomic mass is 10.1. The van der Waals surface area contributed by atoms with Gasteiger partial charge in [-0.05, 0) is 43.5 Å². The summed E-state index contributed by atoms with van der Waals surface area (Å²) in [5.74, 6) is 0.851. The van der Waals surface area contributed by atoms with E-state index in [1.165, 1.54) is 0 Å². The van der Waals surface area contributed by atoms with Crippen LogP contribution in [-0.4, -0.2) is 24.1 Å². The highest BCUT2D eigenvalue weighted by Crippen LogP contribution is 2.45. The van der Waals surface area contributed by atoms with Crippen LogP contribution in [0.3, 0.4) is 0 Å². The zero-order chi connectivity index (χ0) is 12.3. The molecule has 1 saturated carbocycles. The maximum Gasteiger partial charge on any atom is 0.128 e. The summed E-state index contributed by atoms with van der Waals surface area (Å²) >= 11 is 9.32. The lowest BCUT2D eigenvalue weighted by Crippen LogP contribution is -2.35. The van der Waals surface area contributed by atoms with Gasteiger partial charge in [-0.25, -0.2) is 0 Å². The van der Waals surface area contributed by atoms with Crippen molar-refractivity contribution in [2.75, 3.05) is 12.4 Å². The molecule has 1 fully saturated rings. The van der Waals surface area contributed by atoms with E-state index >= 15 is 0 Å². The van der Waals surface area contributed by atoms with Crippen molar-refractivity contribution in [3.63, 3.8) is 0 Å². The fourth-order valence-corrected chi connectivity index (χ4v) is 2.53. The molecule has 2 nitrogen and oxygen atoms in total. The van der Waals surface area contributed by atoms with Gasteiger partial charge in [0.05, 0.1) is 0 Å². The molecule has 0 saturated heterocycles. The molecule has 1 atom stereocenters. The van der Waals surface area contributed by atoms with E-state index in [-0.39, 0.29) is 11.7 Å². The first-order valence-electron chi connectivity index (χ1n) is 5.73. The summed E-state index contributed by atoms with van der Waals surface area (Å²) in [6.45, 7) is 0. The van der Waals surface area contributed by atoms with Crippen LogP contribution in [-0.2, 0) is 4.74 Å². The van der Waals surface area contributed by atoms with Crippen LogP contribution < -0.4 is 4.74 Å². The molecule has 0 radical (unpaired) electrons. The van der Waals surface area contributed by atoms with Gasteiger partial charge < -0.3 is 9.47 Å². The Labute approximate surface area is 115 Å². The third-order valence-electron chi connectivity index (χ3n) is 3.20. The van der Waals surface area contributed by atoms with Crippen molar-refractivity contribution in [1.29, 1.82) is 0 Å². The molecule has 4 heteroatoms. The Morgan fingerprint density at radius 3 is 2.47 bits per heavy atom. The second kappa shape index (κ2) is 5.59. The van der Waals surface area contributed by atoms with Crippen LogP contribution in [0.1, 0.15) is 19.3 Å². The van der Waals surface area contributed by atoms with Crippen molar-refractivity contribution in [1.82, 2.24) is 0 Å². The van der Waals surface area contributed by atoms with Gasteiger partial charge in [0.1, 0.15) is 17.5 Å². The van der Waals surface area contributed by atoms with Gasteiger partial charge in [-0.15, -0.1) is 0 Å². The van der Waals surface area contributed by atoms with Crippen molar-refractivity contribution < 1.29 is 9.47 Å². The highest BCUT2D eigenvalue weighted by molar-refractivity contribution is 9.09. The molecule has 1 aliphatic carbocycles. The summed E-state index contributed by atoms with van der Waals surface area (Å²) in [7, 11) is 1.76. The minimum absolute atomic E-state index is 0.0760. The summed E-state index contributed by atoms with van der Waals surface area (Å²) in [6, 6.07) is 7.48. The first kappa shape index (κ1) is 13.2. The average Bonchev–Trinajstić information content (AvgIpc) is 3.12. The van der Waals surface area contributed by atoms with E-state index in [4.69, 9.17) is 21.1 Å². The molecule has 0 amide bonds. The maximum atomic E-state index is 6.01. The van der Waals surface area contributed by atoms with Crippen LogP contribution in [0.4, 0.5) is 0 Å². The zero-order valence-corrected chi connectivity index (χ0v) is 12.1. The smallest absolute Gasteiger partial charge is 0.128 e. The molecule has 0 spiro atoms. The number of ether oxygens (including phenoxy) is 2. The van der Waals surface area contributed by atoms with Crippen LogP contribution in [0.5, 0.6) is 5.75 Å². The SMILES string of the molecule is COC1(C(CCBr)Oc2ccc(Cl)cc2)CC1. The summed E-state index contributed by atoms with van der Waals surface area (Å²) < 4.78 is 11.6. The molecule has 1 aliphatic rings. The molecule has 0 N–H and O–H groups in total. The monoisotopic (exact) mass is 318 g/mol. The van der Waals surface area contributed by atoms with Gasteiger partial charge in [0.25, 0.3) is 0 Å². The fourth-order valence-electron chi connectivity index (χ4n) is 1.99. The summed E-state index contributed by atoms with van der Waals surface area (Å²) in [5.41, 5.74) is -0.0760. The predicted octanol–water partition coefficient (Wildman–Crippen LogP) is 4.05. The molecule has 2 rings (SSSR count). The molecule has 0 heterocycles. The number of hydrogen-bond acceptors (Lipinski definition) is 2. The van der Waals surface area contributed by atoms with E-state index in [9.17, 15) is 0 Å². The first-order chi connectivity index (χ1) is 8.20. The summed E-state index contributed by atoms with van der Waals surface area (Å²) in [6.07, 6.45) is 3.20. The Morgan fingerprint density at radius 1 is 1.35 bits per heavy atom. The summed E-state index contributed by atoms with van der Waals surface area (Å²) in [4.78, 5) is 0. The number of benzene rings is 1.